The van der Waals surface area contributed by atoms with Crippen LogP contribution in [0.25, 0.3) is 0 Å². The van der Waals surface area contributed by atoms with Crippen molar-refractivity contribution in [3.8, 4) is 5.75 Å². The Morgan fingerprint density at radius 1 is 1.16 bits per heavy atom. The molecule has 1 aromatic heterocycles. The predicted octanol–water partition coefficient (Wildman–Crippen LogP) is 3.95. The van der Waals surface area contributed by atoms with E-state index >= 15 is 0 Å². The first-order valence-electron chi connectivity index (χ1n) is 9.79. The number of carbonyl (C=O) groups is 1. The molecule has 8 nitrogen and oxygen atoms in total. The lowest BCUT2D eigenvalue weighted by Crippen LogP contribution is -2.25. The number of aromatic nitrogens is 2. The van der Waals surface area contributed by atoms with Gasteiger partial charge in [0.15, 0.2) is 5.82 Å². The molecule has 0 radical (unpaired) electrons. The monoisotopic (exact) mass is 437 g/mol. The molecular formula is C22H23N5O3S. The molecule has 1 unspecified atom stereocenters. The van der Waals surface area contributed by atoms with E-state index in [1.54, 1.807) is 48.1 Å². The lowest BCUT2D eigenvalue weighted by molar-refractivity contribution is 0.0994. The number of nitrogens with zero attached hydrogens (tertiary/aromatic N) is 4. The lowest BCUT2D eigenvalue weighted by Gasteiger charge is -2.23. The molecule has 0 saturated heterocycles. The maximum absolute atomic E-state index is 13.0. The molecule has 1 N–H and O–H groups in total. The fraction of sp³-hybridized carbons (Fsp3) is 0.227. The highest BCUT2D eigenvalue weighted by atomic mass is 32.2. The fourth-order valence-electron chi connectivity index (χ4n) is 3.44. The van der Waals surface area contributed by atoms with Gasteiger partial charge in [-0.3, -0.25) is 4.79 Å². The summed E-state index contributed by atoms with van der Waals surface area (Å²) in [6.45, 7) is 4.43. The van der Waals surface area contributed by atoms with Crippen LogP contribution < -0.4 is 19.3 Å². The maximum Gasteiger partial charge on any atom is 0.260 e. The summed E-state index contributed by atoms with van der Waals surface area (Å²) in [6.07, 6.45) is 3.11. The van der Waals surface area contributed by atoms with E-state index in [9.17, 15) is 9.00 Å². The molecule has 2 aromatic carbocycles. The van der Waals surface area contributed by atoms with Crippen molar-refractivity contribution in [1.82, 2.24) is 9.97 Å². The molecule has 31 heavy (non-hydrogen) atoms. The highest BCUT2D eigenvalue weighted by Crippen LogP contribution is 2.40. The van der Waals surface area contributed by atoms with Crippen molar-refractivity contribution in [2.45, 2.75) is 13.8 Å². The Morgan fingerprint density at radius 2 is 1.94 bits per heavy atom. The molecule has 1 amide bonds. The molecule has 3 aromatic rings. The number of amides is 1. The number of para-hydroxylation sites is 1. The number of carbonyl (C=O) groups excluding carboxylic acids is 1. The SMILES string of the molecule is CCOc1cc(C)ccc1Nc1ncc2c(n1)N(S(C)=O)c1ccccc1C(=O)N2C. The standard InChI is InChI=1S/C22H23N5O3S/c1-5-30-19-12-14(2)10-11-16(19)24-22-23-13-18-20(25-22)27(31(4)29)17-9-7-6-8-15(17)21(28)26(18)3/h6-13H,5H2,1-4H3,(H,23,24,25). The lowest BCUT2D eigenvalue weighted by atomic mass is 10.1. The van der Waals surface area contributed by atoms with Crippen LogP contribution >= 0.6 is 0 Å². The summed E-state index contributed by atoms with van der Waals surface area (Å²) in [5.74, 6) is 1.16. The van der Waals surface area contributed by atoms with E-state index in [-0.39, 0.29) is 5.91 Å². The van der Waals surface area contributed by atoms with Gasteiger partial charge in [0.25, 0.3) is 5.91 Å². The summed E-state index contributed by atoms with van der Waals surface area (Å²) in [5.41, 5.74) is 3.24. The number of rotatable bonds is 5. The van der Waals surface area contributed by atoms with E-state index in [1.807, 2.05) is 32.0 Å². The van der Waals surface area contributed by atoms with Crippen LogP contribution in [-0.2, 0) is 11.0 Å². The maximum atomic E-state index is 13.0. The van der Waals surface area contributed by atoms with Crippen LogP contribution in [0.2, 0.25) is 0 Å². The molecule has 160 valence electrons. The van der Waals surface area contributed by atoms with E-state index in [1.165, 1.54) is 4.90 Å². The Bertz CT molecular complexity index is 1180. The summed E-state index contributed by atoms with van der Waals surface area (Å²) in [6, 6.07) is 12.9. The van der Waals surface area contributed by atoms with Gasteiger partial charge in [-0.2, -0.15) is 4.98 Å². The molecule has 0 saturated carbocycles. The van der Waals surface area contributed by atoms with Crippen LogP contribution in [0.4, 0.5) is 28.8 Å². The Labute approximate surface area is 183 Å². The molecule has 0 bridgehead atoms. The Morgan fingerprint density at radius 3 is 2.68 bits per heavy atom. The van der Waals surface area contributed by atoms with Crippen LogP contribution in [0.1, 0.15) is 22.8 Å². The van der Waals surface area contributed by atoms with Gasteiger partial charge in [0.05, 0.1) is 29.7 Å². The molecule has 0 spiro atoms. The van der Waals surface area contributed by atoms with Crippen molar-refractivity contribution in [3.05, 3.63) is 59.8 Å². The van der Waals surface area contributed by atoms with E-state index in [4.69, 9.17) is 4.74 Å². The van der Waals surface area contributed by atoms with Gasteiger partial charge in [0.2, 0.25) is 5.95 Å². The molecule has 4 rings (SSSR count). The molecular weight excluding hydrogens is 414 g/mol. The number of hydrogen-bond donors (Lipinski definition) is 1. The third-order valence-electron chi connectivity index (χ3n) is 4.90. The van der Waals surface area contributed by atoms with Crippen LogP contribution in [-0.4, -0.2) is 40.0 Å². The second kappa shape index (κ2) is 8.35. The van der Waals surface area contributed by atoms with Gasteiger partial charge in [-0.15, -0.1) is 0 Å². The Kier molecular flexibility index (Phi) is 5.60. The predicted molar refractivity (Wildman–Crippen MR) is 123 cm³/mol. The van der Waals surface area contributed by atoms with Crippen molar-refractivity contribution in [3.63, 3.8) is 0 Å². The molecule has 0 fully saturated rings. The number of hydrogen-bond acceptors (Lipinski definition) is 6. The highest BCUT2D eigenvalue weighted by molar-refractivity contribution is 7.86. The number of benzene rings is 2. The zero-order valence-corrected chi connectivity index (χ0v) is 18.6. The minimum atomic E-state index is -1.47. The molecule has 9 heteroatoms. The Balaban J connectivity index is 1.83. The number of nitrogens with one attached hydrogen (secondary N) is 1. The molecule has 2 heterocycles. The summed E-state index contributed by atoms with van der Waals surface area (Å²) >= 11 is 0. The van der Waals surface area contributed by atoms with Crippen LogP contribution in [0.15, 0.2) is 48.7 Å². The first-order chi connectivity index (χ1) is 14.9. The van der Waals surface area contributed by atoms with Gasteiger partial charge in [-0.05, 0) is 43.7 Å². The quantitative estimate of drug-likeness (QED) is 0.650. The van der Waals surface area contributed by atoms with Crippen LogP contribution in [0.3, 0.4) is 0 Å². The van der Waals surface area contributed by atoms with Crippen molar-refractivity contribution < 1.29 is 13.7 Å². The van der Waals surface area contributed by atoms with Crippen LogP contribution in [0, 0.1) is 6.92 Å². The smallest absolute Gasteiger partial charge is 0.260 e. The van der Waals surface area contributed by atoms with Crippen molar-refractivity contribution in [1.29, 1.82) is 0 Å². The average Bonchev–Trinajstić information content (AvgIpc) is 2.84. The van der Waals surface area contributed by atoms with Gasteiger partial charge < -0.3 is 15.0 Å². The summed E-state index contributed by atoms with van der Waals surface area (Å²) in [7, 11) is 0.187. The zero-order chi connectivity index (χ0) is 22.1. The normalized spacial score (nSPS) is 13.9. The zero-order valence-electron chi connectivity index (χ0n) is 17.7. The first kappa shape index (κ1) is 20.8. The second-order valence-electron chi connectivity index (χ2n) is 7.06. The molecule has 1 atom stereocenters. The summed E-state index contributed by atoms with van der Waals surface area (Å²) in [5, 5.41) is 3.19. The average molecular weight is 438 g/mol. The largest absolute Gasteiger partial charge is 0.492 e. The van der Waals surface area contributed by atoms with E-state index in [0.717, 1.165) is 11.3 Å². The third kappa shape index (κ3) is 3.84. The molecule has 1 aliphatic rings. The number of anilines is 5. The minimum Gasteiger partial charge on any atom is -0.492 e. The number of fused-ring (bicyclic) bond motifs is 2. The molecule has 0 aliphatic carbocycles. The number of ether oxygens (including phenoxy) is 1. The van der Waals surface area contributed by atoms with E-state index < -0.39 is 11.0 Å². The minimum absolute atomic E-state index is 0.216. The van der Waals surface area contributed by atoms with Gasteiger partial charge in [-0.25, -0.2) is 13.5 Å². The topological polar surface area (TPSA) is 87.7 Å². The second-order valence-corrected chi connectivity index (χ2v) is 8.27. The van der Waals surface area contributed by atoms with Gasteiger partial charge >= 0.3 is 0 Å². The van der Waals surface area contributed by atoms with Gasteiger partial charge in [-0.1, -0.05) is 18.2 Å². The Hall–Kier alpha value is -3.46. The van der Waals surface area contributed by atoms with E-state index in [0.29, 0.717) is 41.1 Å². The van der Waals surface area contributed by atoms with Gasteiger partial charge in [0.1, 0.15) is 22.4 Å². The van der Waals surface area contributed by atoms with E-state index in [2.05, 4.69) is 15.3 Å². The first-order valence-corrected chi connectivity index (χ1v) is 11.3. The summed E-state index contributed by atoms with van der Waals surface area (Å²) < 4.78 is 20.0. The van der Waals surface area contributed by atoms with Crippen molar-refractivity contribution >= 4 is 45.7 Å². The van der Waals surface area contributed by atoms with Crippen LogP contribution in [0.5, 0.6) is 5.75 Å². The number of aryl methyl sites for hydroxylation is 1. The van der Waals surface area contributed by atoms with Gasteiger partial charge in [0, 0.05) is 13.3 Å². The van der Waals surface area contributed by atoms with Crippen molar-refractivity contribution in [2.24, 2.45) is 0 Å². The molecule has 1 aliphatic heterocycles. The summed E-state index contributed by atoms with van der Waals surface area (Å²) in [4.78, 5) is 23.5. The third-order valence-corrected chi connectivity index (χ3v) is 5.79. The van der Waals surface area contributed by atoms with Crippen molar-refractivity contribution in [2.75, 3.05) is 34.4 Å². The fourth-order valence-corrected chi connectivity index (χ4v) is 4.25. The highest BCUT2D eigenvalue weighted by Gasteiger charge is 2.32.